The molecule has 0 unspecified atom stereocenters. The molecule has 4 heteroatoms. The van der Waals surface area contributed by atoms with E-state index in [0.29, 0.717) is 18.0 Å². The van der Waals surface area contributed by atoms with Crippen molar-refractivity contribution in [2.75, 3.05) is 11.9 Å². The van der Waals surface area contributed by atoms with Crippen molar-refractivity contribution in [3.8, 4) is 11.8 Å². The minimum atomic E-state index is 0.365. The van der Waals surface area contributed by atoms with Crippen molar-refractivity contribution in [1.82, 2.24) is 4.98 Å². The van der Waals surface area contributed by atoms with Crippen LogP contribution in [0.2, 0.25) is 0 Å². The number of nitriles is 1. The second-order valence-corrected chi connectivity index (χ2v) is 3.57. The van der Waals surface area contributed by atoms with Crippen LogP contribution in [0.25, 0.3) is 0 Å². The van der Waals surface area contributed by atoms with Crippen molar-refractivity contribution >= 4 is 11.4 Å². The van der Waals surface area contributed by atoms with Gasteiger partial charge in [-0.15, -0.1) is 0 Å². The van der Waals surface area contributed by atoms with Crippen LogP contribution in [-0.4, -0.2) is 11.6 Å². The van der Waals surface area contributed by atoms with Gasteiger partial charge in [-0.25, -0.2) is 4.98 Å². The van der Waals surface area contributed by atoms with Crippen LogP contribution < -0.4 is 10.1 Å². The molecule has 1 heterocycles. The maximum absolute atomic E-state index is 8.99. The molecule has 0 saturated heterocycles. The fourth-order valence-corrected chi connectivity index (χ4v) is 1.59. The topological polar surface area (TPSA) is 57.9 Å². The van der Waals surface area contributed by atoms with Gasteiger partial charge in [0, 0.05) is 6.20 Å². The number of nitrogens with zero attached hydrogens (tertiary/aromatic N) is 2. The lowest BCUT2D eigenvalue weighted by molar-refractivity contribution is 0.342. The van der Waals surface area contributed by atoms with Crippen molar-refractivity contribution in [3.63, 3.8) is 0 Å². The Balaban J connectivity index is 2.31. The fourth-order valence-electron chi connectivity index (χ4n) is 1.59. The summed E-state index contributed by atoms with van der Waals surface area (Å²) in [6.07, 6.45) is 1.60. The molecule has 2 aromatic rings. The van der Waals surface area contributed by atoms with E-state index in [9.17, 15) is 0 Å². The second-order valence-electron chi connectivity index (χ2n) is 3.57. The van der Waals surface area contributed by atoms with E-state index in [1.165, 1.54) is 0 Å². The quantitative estimate of drug-likeness (QED) is 0.890. The summed E-state index contributed by atoms with van der Waals surface area (Å²) in [5.74, 6) is 0.757. The summed E-state index contributed by atoms with van der Waals surface area (Å²) in [5.41, 5.74) is 1.86. The Morgan fingerprint density at radius 1 is 1.22 bits per heavy atom. The summed E-state index contributed by atoms with van der Waals surface area (Å²) in [7, 11) is 0. The Hall–Kier alpha value is -2.54. The first-order valence-electron chi connectivity index (χ1n) is 5.69. The van der Waals surface area contributed by atoms with Crippen molar-refractivity contribution < 1.29 is 4.74 Å². The summed E-state index contributed by atoms with van der Waals surface area (Å²) in [5, 5.41) is 12.2. The van der Waals surface area contributed by atoms with Gasteiger partial charge in [-0.1, -0.05) is 12.1 Å². The zero-order chi connectivity index (χ0) is 12.8. The molecule has 1 N–H and O–H groups in total. The van der Waals surface area contributed by atoms with Crippen LogP contribution in [0.1, 0.15) is 12.6 Å². The SMILES string of the molecule is CCOc1ccccc1Nc1cccnc1C#N. The average molecular weight is 239 g/mol. The van der Waals surface area contributed by atoms with Crippen LogP contribution in [0.3, 0.4) is 0 Å². The number of hydrogen-bond donors (Lipinski definition) is 1. The zero-order valence-corrected chi connectivity index (χ0v) is 10.1. The summed E-state index contributed by atoms with van der Waals surface area (Å²) >= 11 is 0. The molecule has 0 saturated carbocycles. The Kier molecular flexibility index (Phi) is 3.77. The third kappa shape index (κ3) is 2.58. The highest BCUT2D eigenvalue weighted by molar-refractivity contribution is 5.69. The van der Waals surface area contributed by atoms with Crippen LogP contribution >= 0.6 is 0 Å². The molecule has 0 radical (unpaired) electrons. The lowest BCUT2D eigenvalue weighted by Crippen LogP contribution is -1.99. The Bertz CT molecular complexity index is 575. The summed E-state index contributed by atoms with van der Waals surface area (Å²) < 4.78 is 5.52. The molecular formula is C14H13N3O. The zero-order valence-electron chi connectivity index (χ0n) is 10.1. The first kappa shape index (κ1) is 11.9. The number of nitrogens with one attached hydrogen (secondary N) is 1. The van der Waals surface area contributed by atoms with Crippen LogP contribution in [-0.2, 0) is 0 Å². The summed E-state index contributed by atoms with van der Waals surface area (Å²) in [6.45, 7) is 2.53. The predicted octanol–water partition coefficient (Wildman–Crippen LogP) is 3.10. The standard InChI is InChI=1S/C14H13N3O/c1-2-18-14-8-4-3-6-12(14)17-11-7-5-9-16-13(11)10-15/h3-9,17H,2H2,1H3. The number of rotatable bonds is 4. The first-order chi connectivity index (χ1) is 8.85. The number of anilines is 2. The fraction of sp³-hybridized carbons (Fsp3) is 0.143. The normalized spacial score (nSPS) is 9.56. The molecule has 0 atom stereocenters. The van der Waals surface area contributed by atoms with Gasteiger partial charge in [0.1, 0.15) is 11.8 Å². The molecular weight excluding hydrogens is 226 g/mol. The summed E-state index contributed by atoms with van der Waals surface area (Å²) in [4.78, 5) is 4.00. The van der Waals surface area contributed by atoms with Crippen LogP contribution in [0.15, 0.2) is 42.6 Å². The van der Waals surface area contributed by atoms with Crippen LogP contribution in [0, 0.1) is 11.3 Å². The largest absolute Gasteiger partial charge is 0.492 e. The first-order valence-corrected chi connectivity index (χ1v) is 5.69. The predicted molar refractivity (Wildman–Crippen MR) is 69.8 cm³/mol. The monoisotopic (exact) mass is 239 g/mol. The van der Waals surface area contributed by atoms with Crippen molar-refractivity contribution in [3.05, 3.63) is 48.3 Å². The lowest BCUT2D eigenvalue weighted by atomic mass is 10.2. The van der Waals surface area contributed by atoms with E-state index in [2.05, 4.69) is 16.4 Å². The van der Waals surface area contributed by atoms with Gasteiger partial charge in [-0.2, -0.15) is 5.26 Å². The van der Waals surface area contributed by atoms with Crippen molar-refractivity contribution in [1.29, 1.82) is 5.26 Å². The highest BCUT2D eigenvalue weighted by Crippen LogP contribution is 2.28. The van der Waals surface area contributed by atoms with E-state index in [4.69, 9.17) is 10.00 Å². The van der Waals surface area contributed by atoms with Gasteiger partial charge in [-0.05, 0) is 31.2 Å². The Morgan fingerprint density at radius 2 is 2.00 bits per heavy atom. The molecule has 90 valence electrons. The highest BCUT2D eigenvalue weighted by Gasteiger charge is 2.06. The third-order valence-corrected chi connectivity index (χ3v) is 2.37. The number of benzene rings is 1. The minimum absolute atomic E-state index is 0.365. The lowest BCUT2D eigenvalue weighted by Gasteiger charge is -2.12. The molecule has 0 amide bonds. The minimum Gasteiger partial charge on any atom is -0.492 e. The maximum Gasteiger partial charge on any atom is 0.163 e. The van der Waals surface area contributed by atoms with Gasteiger partial charge in [0.25, 0.3) is 0 Å². The maximum atomic E-state index is 8.99. The number of ether oxygens (including phenoxy) is 1. The molecule has 0 aliphatic rings. The molecule has 1 aromatic carbocycles. The molecule has 0 bridgehead atoms. The number of pyridine rings is 1. The van der Waals surface area contributed by atoms with Crippen LogP contribution in [0.5, 0.6) is 5.75 Å². The number of hydrogen-bond acceptors (Lipinski definition) is 4. The average Bonchev–Trinajstić information content (AvgIpc) is 2.42. The molecule has 18 heavy (non-hydrogen) atoms. The van der Waals surface area contributed by atoms with Gasteiger partial charge in [0.15, 0.2) is 5.69 Å². The van der Waals surface area contributed by atoms with E-state index >= 15 is 0 Å². The Labute approximate surface area is 106 Å². The molecule has 0 fully saturated rings. The van der Waals surface area contributed by atoms with Gasteiger partial charge < -0.3 is 10.1 Å². The summed E-state index contributed by atoms with van der Waals surface area (Å²) in [6, 6.07) is 13.3. The van der Waals surface area contributed by atoms with Gasteiger partial charge in [0.2, 0.25) is 0 Å². The molecule has 0 aliphatic carbocycles. The molecule has 0 aliphatic heterocycles. The third-order valence-electron chi connectivity index (χ3n) is 2.37. The smallest absolute Gasteiger partial charge is 0.163 e. The van der Waals surface area contributed by atoms with E-state index < -0.39 is 0 Å². The molecule has 4 nitrogen and oxygen atoms in total. The number of aromatic nitrogens is 1. The van der Waals surface area contributed by atoms with E-state index in [0.717, 1.165) is 11.4 Å². The molecule has 0 spiro atoms. The van der Waals surface area contributed by atoms with E-state index in [1.807, 2.05) is 37.3 Å². The van der Waals surface area contributed by atoms with E-state index in [-0.39, 0.29) is 0 Å². The van der Waals surface area contributed by atoms with Crippen molar-refractivity contribution in [2.24, 2.45) is 0 Å². The van der Waals surface area contributed by atoms with E-state index in [1.54, 1.807) is 12.3 Å². The van der Waals surface area contributed by atoms with Gasteiger partial charge >= 0.3 is 0 Å². The number of para-hydroxylation sites is 2. The Morgan fingerprint density at radius 3 is 2.78 bits per heavy atom. The van der Waals surface area contributed by atoms with Gasteiger partial charge in [0.05, 0.1) is 18.0 Å². The van der Waals surface area contributed by atoms with Crippen molar-refractivity contribution in [2.45, 2.75) is 6.92 Å². The highest BCUT2D eigenvalue weighted by atomic mass is 16.5. The molecule has 2 rings (SSSR count). The molecule has 1 aromatic heterocycles. The van der Waals surface area contributed by atoms with Crippen LogP contribution in [0.4, 0.5) is 11.4 Å². The second kappa shape index (κ2) is 5.69. The van der Waals surface area contributed by atoms with Gasteiger partial charge in [-0.3, -0.25) is 0 Å².